The first-order valence-electron chi connectivity index (χ1n) is 12.6. The summed E-state index contributed by atoms with van der Waals surface area (Å²) in [6, 6.07) is 8.11. The Morgan fingerprint density at radius 2 is 1.34 bits per heavy atom. The van der Waals surface area contributed by atoms with Crippen molar-refractivity contribution in [2.24, 2.45) is 0 Å². The molecule has 0 saturated carbocycles. The van der Waals surface area contributed by atoms with Gasteiger partial charge >= 0.3 is 0 Å². The topological polar surface area (TPSA) is 188 Å². The van der Waals surface area contributed by atoms with E-state index in [4.69, 9.17) is 9.90 Å². The number of carboxylic acids is 1. The summed E-state index contributed by atoms with van der Waals surface area (Å²) in [5.74, 6) is -0.833. The molecule has 41 heavy (non-hydrogen) atoms. The van der Waals surface area contributed by atoms with Crippen molar-refractivity contribution in [1.29, 1.82) is 0 Å². The number of nitro groups is 2. The summed E-state index contributed by atoms with van der Waals surface area (Å²) >= 11 is 0. The van der Waals surface area contributed by atoms with Crippen molar-refractivity contribution in [3.8, 4) is 0 Å². The van der Waals surface area contributed by atoms with Crippen LogP contribution in [0.25, 0.3) is 21.5 Å². The molecule has 2 aromatic heterocycles. The summed E-state index contributed by atoms with van der Waals surface area (Å²) in [5.41, 5.74) is 0.0718. The number of aliphatic hydroxyl groups excluding tert-OH is 1. The Morgan fingerprint density at radius 3 is 1.83 bits per heavy atom. The second kappa shape index (κ2) is 12.1. The van der Waals surface area contributed by atoms with Crippen LogP contribution in [0.15, 0.2) is 52.2 Å². The van der Waals surface area contributed by atoms with Crippen molar-refractivity contribution in [2.75, 3.05) is 6.61 Å². The third-order valence-corrected chi connectivity index (χ3v) is 6.82. The fourth-order valence-electron chi connectivity index (χ4n) is 4.93. The Morgan fingerprint density at radius 1 is 0.854 bits per heavy atom. The molecule has 0 radical (unpaired) electrons. The zero-order valence-corrected chi connectivity index (χ0v) is 23.2. The molecule has 0 bridgehead atoms. The average Bonchev–Trinajstić information content (AvgIpc) is 2.87. The van der Waals surface area contributed by atoms with Gasteiger partial charge in [0.2, 0.25) is 0 Å². The molecular weight excluding hydrogens is 536 g/mol. The standard InChI is InChI=1S/C26H26N4O7.C2H4O2/c1-14-5-7-20-19(23(14)29(34)35)9-10-27(25(20)32)16(3)11-18-12-22-21(26(33)28(18)17(4)13-31)8-6-15(2)24(22)30(36)37;1-2(3)4/h5-10,12,16-17,31H,11,13H2,1-4H3;1H3,(H,3,4)/t16-,17-;/m1./s1. The van der Waals surface area contributed by atoms with Gasteiger partial charge in [-0.1, -0.05) is 12.1 Å². The highest BCUT2D eigenvalue weighted by Gasteiger charge is 2.24. The second-order valence-electron chi connectivity index (χ2n) is 9.84. The van der Waals surface area contributed by atoms with E-state index in [1.165, 1.54) is 39.6 Å². The van der Waals surface area contributed by atoms with Gasteiger partial charge in [0.25, 0.3) is 28.5 Å². The smallest absolute Gasteiger partial charge is 0.300 e. The van der Waals surface area contributed by atoms with E-state index >= 15 is 0 Å². The zero-order valence-electron chi connectivity index (χ0n) is 23.2. The highest BCUT2D eigenvalue weighted by molar-refractivity contribution is 5.92. The van der Waals surface area contributed by atoms with Crippen molar-refractivity contribution in [1.82, 2.24) is 9.13 Å². The molecule has 13 nitrogen and oxygen atoms in total. The largest absolute Gasteiger partial charge is 0.481 e. The molecule has 0 aliphatic carbocycles. The van der Waals surface area contributed by atoms with Crippen LogP contribution in [0.3, 0.4) is 0 Å². The lowest BCUT2D eigenvalue weighted by molar-refractivity contribution is -0.383. The average molecular weight is 567 g/mol. The number of carbonyl (C=O) groups is 1. The van der Waals surface area contributed by atoms with Crippen molar-refractivity contribution in [3.05, 3.63) is 100 Å². The number of nitro benzene ring substituents is 2. The lowest BCUT2D eigenvalue weighted by Gasteiger charge is -2.23. The van der Waals surface area contributed by atoms with Crippen LogP contribution in [0.4, 0.5) is 11.4 Å². The minimum Gasteiger partial charge on any atom is -0.481 e. The molecule has 0 saturated heterocycles. The Bertz CT molecular complexity index is 1800. The van der Waals surface area contributed by atoms with E-state index in [1.54, 1.807) is 39.8 Å². The van der Waals surface area contributed by atoms with Gasteiger partial charge < -0.3 is 19.3 Å². The van der Waals surface area contributed by atoms with Gasteiger partial charge in [0, 0.05) is 42.4 Å². The molecule has 0 amide bonds. The number of pyridine rings is 2. The molecular formula is C28H30N4O9. The van der Waals surface area contributed by atoms with Gasteiger partial charge in [-0.15, -0.1) is 0 Å². The summed E-state index contributed by atoms with van der Waals surface area (Å²) in [7, 11) is 0. The van der Waals surface area contributed by atoms with Crippen molar-refractivity contribution in [2.45, 2.75) is 53.1 Å². The van der Waals surface area contributed by atoms with E-state index in [0.717, 1.165) is 6.92 Å². The van der Waals surface area contributed by atoms with E-state index in [0.29, 0.717) is 16.8 Å². The van der Waals surface area contributed by atoms with E-state index in [2.05, 4.69) is 0 Å². The van der Waals surface area contributed by atoms with Gasteiger partial charge in [-0.25, -0.2) is 0 Å². The van der Waals surface area contributed by atoms with E-state index < -0.39 is 39.0 Å². The Balaban J connectivity index is 0.00000108. The van der Waals surface area contributed by atoms with Gasteiger partial charge in [0.1, 0.15) is 0 Å². The van der Waals surface area contributed by atoms with Crippen molar-refractivity contribution in [3.63, 3.8) is 0 Å². The summed E-state index contributed by atoms with van der Waals surface area (Å²) in [6.07, 6.45) is 1.62. The van der Waals surface area contributed by atoms with Crippen LogP contribution in [0.5, 0.6) is 0 Å². The highest BCUT2D eigenvalue weighted by atomic mass is 16.6. The Labute approximate surface area is 233 Å². The van der Waals surface area contributed by atoms with Gasteiger partial charge in [-0.05, 0) is 52.0 Å². The van der Waals surface area contributed by atoms with Gasteiger partial charge in [-0.2, -0.15) is 0 Å². The monoisotopic (exact) mass is 566 g/mol. The molecule has 0 aliphatic rings. The van der Waals surface area contributed by atoms with Crippen LogP contribution < -0.4 is 11.1 Å². The molecule has 4 aromatic rings. The number of aliphatic hydroxyl groups is 1. The predicted molar refractivity (Wildman–Crippen MR) is 153 cm³/mol. The zero-order chi connectivity index (χ0) is 30.8. The minimum absolute atomic E-state index is 0.128. The molecule has 216 valence electrons. The molecule has 4 rings (SSSR count). The first kappa shape index (κ1) is 30.6. The summed E-state index contributed by atoms with van der Waals surface area (Å²) in [4.78, 5) is 58.1. The number of aliphatic carboxylic acids is 1. The van der Waals surface area contributed by atoms with Gasteiger partial charge in [0.05, 0.1) is 44.0 Å². The maximum atomic E-state index is 13.4. The van der Waals surface area contributed by atoms with E-state index in [9.17, 15) is 34.9 Å². The number of fused-ring (bicyclic) bond motifs is 2. The lowest BCUT2D eigenvalue weighted by atomic mass is 10.0. The van der Waals surface area contributed by atoms with Gasteiger partial charge in [-0.3, -0.25) is 34.6 Å². The molecule has 2 aromatic carbocycles. The van der Waals surface area contributed by atoms with Crippen LogP contribution in [0.2, 0.25) is 0 Å². The maximum absolute atomic E-state index is 13.4. The van der Waals surface area contributed by atoms with Crippen molar-refractivity contribution < 1.29 is 24.9 Å². The summed E-state index contributed by atoms with van der Waals surface area (Å²) in [5, 5.41) is 41.4. The molecule has 2 N–H and O–H groups in total. The third kappa shape index (κ3) is 5.99. The number of rotatable bonds is 7. The molecule has 2 atom stereocenters. The second-order valence-corrected chi connectivity index (χ2v) is 9.84. The van der Waals surface area contributed by atoms with Crippen LogP contribution in [-0.2, 0) is 11.2 Å². The molecule has 2 heterocycles. The third-order valence-electron chi connectivity index (χ3n) is 6.82. The van der Waals surface area contributed by atoms with Gasteiger partial charge in [0.15, 0.2) is 0 Å². The summed E-state index contributed by atoms with van der Waals surface area (Å²) < 4.78 is 2.83. The van der Waals surface area contributed by atoms with Crippen LogP contribution in [0, 0.1) is 34.1 Å². The summed E-state index contributed by atoms with van der Waals surface area (Å²) in [6.45, 7) is 7.36. The van der Waals surface area contributed by atoms with E-state index in [1.807, 2.05) is 0 Å². The minimum atomic E-state index is -0.833. The number of nitrogens with zero attached hydrogens (tertiary/aromatic N) is 4. The molecule has 0 spiro atoms. The molecule has 0 aliphatic heterocycles. The molecule has 0 unspecified atom stereocenters. The van der Waals surface area contributed by atoms with Crippen molar-refractivity contribution >= 4 is 38.9 Å². The highest BCUT2D eigenvalue weighted by Crippen LogP contribution is 2.31. The first-order chi connectivity index (χ1) is 19.2. The Kier molecular flexibility index (Phi) is 9.03. The maximum Gasteiger partial charge on any atom is 0.300 e. The number of hydrogen-bond donors (Lipinski definition) is 2. The van der Waals surface area contributed by atoms with Crippen LogP contribution in [0.1, 0.15) is 49.7 Å². The quantitative estimate of drug-likeness (QED) is 0.244. The predicted octanol–water partition coefficient (Wildman–Crippen LogP) is 4.20. The Hall–Kier alpha value is -4.91. The fraction of sp³-hybridized carbons (Fsp3) is 0.321. The number of aryl methyl sites for hydroxylation is 2. The fourth-order valence-corrected chi connectivity index (χ4v) is 4.93. The number of carboxylic acid groups (broad SMARTS) is 1. The number of hydrogen-bond acceptors (Lipinski definition) is 8. The van der Waals surface area contributed by atoms with E-state index in [-0.39, 0.29) is 45.9 Å². The number of benzene rings is 2. The molecule has 13 heteroatoms. The van der Waals surface area contributed by atoms with Crippen LogP contribution >= 0.6 is 0 Å². The molecule has 0 fully saturated rings. The first-order valence-corrected chi connectivity index (χ1v) is 12.6. The van der Waals surface area contributed by atoms with Crippen LogP contribution in [-0.4, -0.2) is 41.8 Å². The number of aromatic nitrogens is 2. The normalized spacial score (nSPS) is 12.4. The SMILES string of the molecule is CC(=O)O.Cc1ccc2c(=O)n([C@H](C)Cc3cc4c([N+](=O)[O-])c(C)ccc4c(=O)n3[C@H](C)CO)ccc2c1[N+](=O)[O-]. The lowest BCUT2D eigenvalue weighted by Crippen LogP contribution is -2.31.